The number of aromatic amines is 1. The highest BCUT2D eigenvalue weighted by Crippen LogP contribution is 2.21. The maximum Gasteiger partial charge on any atom is 0.265 e. The monoisotopic (exact) mass is 377 g/mol. The van der Waals surface area contributed by atoms with Crippen LogP contribution in [0.15, 0.2) is 29.2 Å². The number of rotatable bonds is 3. The number of hydrogen-bond acceptors (Lipinski definition) is 3. The Morgan fingerprint density at radius 2 is 1.83 bits per heavy atom. The number of nitrogens with zero attached hydrogens (tertiary/aromatic N) is 1. The first kappa shape index (κ1) is 13.3. The van der Waals surface area contributed by atoms with Crippen LogP contribution in [-0.4, -0.2) is 18.6 Å². The van der Waals surface area contributed by atoms with Gasteiger partial charge in [0, 0.05) is 9.26 Å². The Morgan fingerprint density at radius 1 is 1.22 bits per heavy atom. The molecule has 0 saturated heterocycles. The Balaban J connectivity index is 2.36. The molecule has 0 aliphatic carbocycles. The van der Waals surface area contributed by atoms with Gasteiger partial charge in [0.1, 0.15) is 4.90 Å². The highest BCUT2D eigenvalue weighted by molar-refractivity contribution is 14.1. The number of hydrogen-bond donors (Lipinski definition) is 2. The van der Waals surface area contributed by atoms with Crippen molar-refractivity contribution < 1.29 is 8.42 Å². The Bertz CT molecular complexity index is 643. The lowest BCUT2D eigenvalue weighted by Crippen LogP contribution is -2.14. The first-order chi connectivity index (χ1) is 8.40. The molecule has 0 spiro atoms. The lowest BCUT2D eigenvalue weighted by Gasteiger charge is -2.08. The van der Waals surface area contributed by atoms with E-state index in [-0.39, 0.29) is 4.90 Å². The van der Waals surface area contributed by atoms with Crippen molar-refractivity contribution in [1.82, 2.24) is 10.2 Å². The standard InChI is InChI=1S/C11H12IN3O2S/c1-7-11(8(2)14-13-7)18(16,17)15-10-5-3-9(12)4-6-10/h3-6,15H,1-2H3,(H,13,14). The van der Waals surface area contributed by atoms with E-state index < -0.39 is 10.0 Å². The van der Waals surface area contributed by atoms with Crippen molar-refractivity contribution >= 4 is 38.3 Å². The fourth-order valence-corrected chi connectivity index (χ4v) is 3.45. The van der Waals surface area contributed by atoms with Crippen LogP contribution in [0.5, 0.6) is 0 Å². The van der Waals surface area contributed by atoms with E-state index in [9.17, 15) is 8.42 Å². The molecule has 2 N–H and O–H groups in total. The molecule has 0 radical (unpaired) electrons. The Morgan fingerprint density at radius 3 is 2.33 bits per heavy atom. The van der Waals surface area contributed by atoms with Crippen LogP contribution >= 0.6 is 22.6 Å². The highest BCUT2D eigenvalue weighted by Gasteiger charge is 2.22. The smallest absolute Gasteiger partial charge is 0.265 e. The molecule has 18 heavy (non-hydrogen) atoms. The second-order valence-corrected chi connectivity index (χ2v) is 6.74. The summed E-state index contributed by atoms with van der Waals surface area (Å²) in [7, 11) is -3.59. The second-order valence-electron chi connectivity index (χ2n) is 3.88. The molecule has 0 fully saturated rings. The molecule has 2 rings (SSSR count). The fraction of sp³-hybridized carbons (Fsp3) is 0.182. The summed E-state index contributed by atoms with van der Waals surface area (Å²) >= 11 is 2.16. The van der Waals surface area contributed by atoms with E-state index >= 15 is 0 Å². The zero-order chi connectivity index (χ0) is 13.3. The zero-order valence-corrected chi connectivity index (χ0v) is 12.8. The van der Waals surface area contributed by atoms with E-state index in [4.69, 9.17) is 0 Å². The molecular weight excluding hydrogens is 365 g/mol. The molecule has 0 unspecified atom stereocenters. The average Bonchev–Trinajstić information content (AvgIpc) is 2.62. The molecule has 0 aliphatic heterocycles. The summed E-state index contributed by atoms with van der Waals surface area (Å²) in [4.78, 5) is 0.209. The Labute approximate surface area is 119 Å². The molecule has 0 bridgehead atoms. The summed E-state index contributed by atoms with van der Waals surface area (Å²) < 4.78 is 28.0. The highest BCUT2D eigenvalue weighted by atomic mass is 127. The van der Waals surface area contributed by atoms with Gasteiger partial charge in [-0.15, -0.1) is 0 Å². The van der Waals surface area contributed by atoms with Crippen molar-refractivity contribution in [2.45, 2.75) is 18.7 Å². The molecule has 1 heterocycles. The molecule has 1 aromatic heterocycles. The van der Waals surface area contributed by atoms with Crippen molar-refractivity contribution in [3.05, 3.63) is 39.2 Å². The van der Waals surface area contributed by atoms with Crippen LogP contribution in [0.3, 0.4) is 0 Å². The van der Waals surface area contributed by atoms with E-state index in [1.807, 2.05) is 12.1 Å². The first-order valence-electron chi connectivity index (χ1n) is 5.20. The maximum atomic E-state index is 12.2. The maximum absolute atomic E-state index is 12.2. The third-order valence-electron chi connectivity index (χ3n) is 2.43. The van der Waals surface area contributed by atoms with Gasteiger partial charge in [-0.3, -0.25) is 9.82 Å². The van der Waals surface area contributed by atoms with Crippen LogP contribution in [0, 0.1) is 17.4 Å². The molecule has 1 aromatic carbocycles. The van der Waals surface area contributed by atoms with E-state index in [0.717, 1.165) is 3.57 Å². The minimum absolute atomic E-state index is 0.209. The summed E-state index contributed by atoms with van der Waals surface area (Å²) in [5.41, 5.74) is 1.53. The summed E-state index contributed by atoms with van der Waals surface area (Å²) in [5, 5.41) is 6.56. The summed E-state index contributed by atoms with van der Waals surface area (Å²) in [5.74, 6) is 0. The number of halogens is 1. The second kappa shape index (κ2) is 4.88. The average molecular weight is 377 g/mol. The molecule has 5 nitrogen and oxygen atoms in total. The summed E-state index contributed by atoms with van der Waals surface area (Å²) in [6.45, 7) is 3.34. The van der Waals surface area contributed by atoms with Gasteiger partial charge in [-0.05, 0) is 60.7 Å². The van der Waals surface area contributed by atoms with Gasteiger partial charge < -0.3 is 0 Å². The molecule has 0 amide bonds. The van der Waals surface area contributed by atoms with E-state index in [1.54, 1.807) is 26.0 Å². The number of anilines is 1. The molecule has 96 valence electrons. The van der Waals surface area contributed by atoms with Gasteiger partial charge >= 0.3 is 0 Å². The Kier molecular flexibility index (Phi) is 3.62. The van der Waals surface area contributed by atoms with Crippen molar-refractivity contribution in [2.24, 2.45) is 0 Å². The number of aromatic nitrogens is 2. The van der Waals surface area contributed by atoms with Crippen molar-refractivity contribution in [1.29, 1.82) is 0 Å². The van der Waals surface area contributed by atoms with Gasteiger partial charge in [0.25, 0.3) is 10.0 Å². The Hall–Kier alpha value is -1.09. The van der Waals surface area contributed by atoms with Crippen LogP contribution in [0.1, 0.15) is 11.4 Å². The minimum atomic E-state index is -3.59. The molecule has 2 aromatic rings. The van der Waals surface area contributed by atoms with Gasteiger partial charge in [0.15, 0.2) is 0 Å². The van der Waals surface area contributed by atoms with Gasteiger partial charge in [0.05, 0.1) is 11.4 Å². The van der Waals surface area contributed by atoms with E-state index in [0.29, 0.717) is 17.1 Å². The molecule has 0 atom stereocenters. The van der Waals surface area contributed by atoms with Crippen molar-refractivity contribution in [3.8, 4) is 0 Å². The molecule has 7 heteroatoms. The number of sulfonamides is 1. The van der Waals surface area contributed by atoms with Gasteiger partial charge in [-0.1, -0.05) is 0 Å². The van der Waals surface area contributed by atoms with Gasteiger partial charge in [-0.25, -0.2) is 8.42 Å². The number of H-pyrrole nitrogens is 1. The lowest BCUT2D eigenvalue weighted by atomic mass is 10.3. The van der Waals surface area contributed by atoms with Crippen LogP contribution in [0.25, 0.3) is 0 Å². The van der Waals surface area contributed by atoms with E-state index in [2.05, 4.69) is 37.5 Å². The van der Waals surface area contributed by atoms with Gasteiger partial charge in [0.2, 0.25) is 0 Å². The summed E-state index contributed by atoms with van der Waals surface area (Å²) in [6, 6.07) is 7.13. The van der Waals surface area contributed by atoms with E-state index in [1.165, 1.54) is 0 Å². The normalized spacial score (nSPS) is 11.5. The van der Waals surface area contributed by atoms with Crippen molar-refractivity contribution in [2.75, 3.05) is 4.72 Å². The zero-order valence-electron chi connectivity index (χ0n) is 9.86. The van der Waals surface area contributed by atoms with Crippen molar-refractivity contribution in [3.63, 3.8) is 0 Å². The van der Waals surface area contributed by atoms with Crippen LogP contribution < -0.4 is 4.72 Å². The van der Waals surface area contributed by atoms with Crippen LogP contribution in [0.4, 0.5) is 5.69 Å². The molecular formula is C11H12IN3O2S. The molecule has 0 saturated carbocycles. The summed E-state index contributed by atoms with van der Waals surface area (Å²) in [6.07, 6.45) is 0. The minimum Gasteiger partial charge on any atom is -0.281 e. The largest absolute Gasteiger partial charge is 0.281 e. The predicted octanol–water partition coefficient (Wildman–Crippen LogP) is 2.43. The number of aryl methyl sites for hydroxylation is 2. The third-order valence-corrected chi connectivity index (χ3v) is 4.79. The quantitative estimate of drug-likeness (QED) is 0.807. The number of nitrogens with one attached hydrogen (secondary N) is 2. The number of benzene rings is 1. The van der Waals surface area contributed by atoms with Gasteiger partial charge in [-0.2, -0.15) is 5.10 Å². The third kappa shape index (κ3) is 2.66. The topological polar surface area (TPSA) is 74.8 Å². The first-order valence-corrected chi connectivity index (χ1v) is 7.76. The lowest BCUT2D eigenvalue weighted by molar-refractivity contribution is 0.600. The van der Waals surface area contributed by atoms with Crippen LogP contribution in [0.2, 0.25) is 0 Å². The van der Waals surface area contributed by atoms with Crippen LogP contribution in [-0.2, 0) is 10.0 Å². The SMILES string of the molecule is Cc1n[nH]c(C)c1S(=O)(=O)Nc1ccc(I)cc1. The fourth-order valence-electron chi connectivity index (χ4n) is 1.66. The molecule has 0 aliphatic rings. The predicted molar refractivity (Wildman–Crippen MR) is 78.0 cm³/mol.